The molecule has 2 aromatic carbocycles. The van der Waals surface area contributed by atoms with E-state index in [0.29, 0.717) is 18.1 Å². The molecule has 1 aliphatic heterocycles. The molecule has 1 N–H and O–H groups in total. The minimum atomic E-state index is -0.315. The maximum Gasteiger partial charge on any atom is 0.234 e. The number of nitrogens with zero attached hydrogens (tertiary/aromatic N) is 2. The molecular formula is C21H25ClFN3O. The van der Waals surface area contributed by atoms with Crippen LogP contribution in [0.3, 0.4) is 0 Å². The van der Waals surface area contributed by atoms with Gasteiger partial charge in [0, 0.05) is 37.7 Å². The molecule has 144 valence electrons. The summed E-state index contributed by atoms with van der Waals surface area (Å²) >= 11 is 6.12. The van der Waals surface area contributed by atoms with Gasteiger partial charge in [-0.1, -0.05) is 48.0 Å². The molecule has 1 amide bonds. The Bertz CT molecular complexity index is 763. The third kappa shape index (κ3) is 5.76. The first-order valence-corrected chi connectivity index (χ1v) is 9.62. The molecule has 2 aromatic rings. The topological polar surface area (TPSA) is 35.6 Å². The number of nitrogens with one attached hydrogen (secondary N) is 1. The molecule has 0 bridgehead atoms. The van der Waals surface area contributed by atoms with Crippen LogP contribution in [0.25, 0.3) is 0 Å². The molecule has 1 saturated heterocycles. The number of amides is 1. The Morgan fingerprint density at radius 2 is 1.78 bits per heavy atom. The second-order valence-corrected chi connectivity index (χ2v) is 7.40. The summed E-state index contributed by atoms with van der Waals surface area (Å²) in [7, 11) is 0. The molecule has 3 rings (SSSR count). The van der Waals surface area contributed by atoms with Crippen LogP contribution in [0.4, 0.5) is 4.39 Å². The first-order chi connectivity index (χ1) is 13.0. The van der Waals surface area contributed by atoms with Crippen LogP contribution in [-0.4, -0.2) is 48.4 Å². The maximum atomic E-state index is 13.2. The molecule has 0 saturated carbocycles. The molecule has 27 heavy (non-hydrogen) atoms. The fourth-order valence-corrected chi connectivity index (χ4v) is 3.54. The van der Waals surface area contributed by atoms with Crippen LogP contribution >= 0.6 is 11.6 Å². The summed E-state index contributed by atoms with van der Waals surface area (Å²) < 4.78 is 13.2. The smallest absolute Gasteiger partial charge is 0.234 e. The molecule has 0 aromatic heterocycles. The van der Waals surface area contributed by atoms with E-state index in [-0.39, 0.29) is 17.8 Å². The van der Waals surface area contributed by atoms with Crippen LogP contribution in [0.1, 0.15) is 24.1 Å². The molecular weight excluding hydrogens is 365 g/mol. The standard InChI is InChI=1S/C21H25ClFN3O/c1-16(17-5-3-2-4-6-17)24-21(27)15-26-11-9-25(10-12-26)14-18-7-8-19(23)13-20(18)22/h2-8,13,16H,9-12,14-15H2,1H3,(H,24,27). The Kier molecular flexibility index (Phi) is 6.83. The highest BCUT2D eigenvalue weighted by molar-refractivity contribution is 6.31. The molecule has 0 aliphatic carbocycles. The van der Waals surface area contributed by atoms with E-state index < -0.39 is 0 Å². The molecule has 0 radical (unpaired) electrons. The predicted octanol–water partition coefficient (Wildman–Crippen LogP) is 3.47. The van der Waals surface area contributed by atoms with Gasteiger partial charge in [0.15, 0.2) is 0 Å². The second kappa shape index (κ2) is 9.31. The molecule has 1 heterocycles. The highest BCUT2D eigenvalue weighted by Crippen LogP contribution is 2.19. The van der Waals surface area contributed by atoms with E-state index in [1.165, 1.54) is 12.1 Å². The molecule has 1 aliphatic rings. The van der Waals surface area contributed by atoms with Crippen LogP contribution in [0, 0.1) is 5.82 Å². The summed E-state index contributed by atoms with van der Waals surface area (Å²) in [4.78, 5) is 16.8. The number of hydrogen-bond acceptors (Lipinski definition) is 3. The van der Waals surface area contributed by atoms with Crippen LogP contribution < -0.4 is 5.32 Å². The summed E-state index contributed by atoms with van der Waals surface area (Å²) in [6.07, 6.45) is 0. The first-order valence-electron chi connectivity index (χ1n) is 9.24. The Morgan fingerprint density at radius 1 is 1.11 bits per heavy atom. The van der Waals surface area contributed by atoms with Gasteiger partial charge < -0.3 is 5.32 Å². The van der Waals surface area contributed by atoms with Gasteiger partial charge in [-0.25, -0.2) is 4.39 Å². The third-order valence-electron chi connectivity index (χ3n) is 4.92. The van der Waals surface area contributed by atoms with Crippen LogP contribution in [-0.2, 0) is 11.3 Å². The van der Waals surface area contributed by atoms with E-state index in [1.807, 2.05) is 37.3 Å². The summed E-state index contributed by atoms with van der Waals surface area (Å²) in [5.74, 6) is -0.273. The van der Waals surface area contributed by atoms with Crippen LogP contribution in [0.5, 0.6) is 0 Å². The molecule has 1 atom stereocenters. The lowest BCUT2D eigenvalue weighted by Crippen LogP contribution is -2.49. The second-order valence-electron chi connectivity index (χ2n) is 6.99. The summed E-state index contributed by atoms with van der Waals surface area (Å²) in [6.45, 7) is 6.46. The molecule has 1 unspecified atom stereocenters. The summed E-state index contributed by atoms with van der Waals surface area (Å²) in [6, 6.07) is 14.5. The quantitative estimate of drug-likeness (QED) is 0.821. The van der Waals surface area contributed by atoms with Crippen molar-refractivity contribution in [3.8, 4) is 0 Å². The van der Waals surface area contributed by atoms with Gasteiger partial charge in [-0.05, 0) is 30.2 Å². The summed E-state index contributed by atoms with van der Waals surface area (Å²) in [5, 5.41) is 3.52. The van der Waals surface area contributed by atoms with Crippen molar-refractivity contribution in [1.29, 1.82) is 0 Å². The number of benzene rings is 2. The van der Waals surface area contributed by atoms with E-state index in [9.17, 15) is 9.18 Å². The van der Waals surface area contributed by atoms with E-state index in [2.05, 4.69) is 15.1 Å². The minimum absolute atomic E-state index is 0.000562. The maximum absolute atomic E-state index is 13.2. The van der Waals surface area contributed by atoms with Crippen LogP contribution in [0.2, 0.25) is 5.02 Å². The predicted molar refractivity (Wildman–Crippen MR) is 106 cm³/mol. The van der Waals surface area contributed by atoms with Crippen molar-refractivity contribution in [2.75, 3.05) is 32.7 Å². The van der Waals surface area contributed by atoms with E-state index in [0.717, 1.165) is 37.3 Å². The van der Waals surface area contributed by atoms with Crippen molar-refractivity contribution in [1.82, 2.24) is 15.1 Å². The van der Waals surface area contributed by atoms with Crippen molar-refractivity contribution >= 4 is 17.5 Å². The third-order valence-corrected chi connectivity index (χ3v) is 5.27. The average Bonchev–Trinajstić information content (AvgIpc) is 2.66. The molecule has 6 heteroatoms. The van der Waals surface area contributed by atoms with Gasteiger partial charge in [0.05, 0.1) is 12.6 Å². The average molecular weight is 390 g/mol. The van der Waals surface area contributed by atoms with Crippen molar-refractivity contribution < 1.29 is 9.18 Å². The van der Waals surface area contributed by atoms with Crippen molar-refractivity contribution in [2.45, 2.75) is 19.5 Å². The number of carbonyl (C=O) groups excluding carboxylic acids is 1. The molecule has 1 fully saturated rings. The van der Waals surface area contributed by atoms with E-state index >= 15 is 0 Å². The normalized spacial score (nSPS) is 16.9. The monoisotopic (exact) mass is 389 g/mol. The first kappa shape index (κ1) is 19.8. The zero-order chi connectivity index (χ0) is 19.2. The fraction of sp³-hybridized carbons (Fsp3) is 0.381. The van der Waals surface area contributed by atoms with Gasteiger partial charge in [-0.15, -0.1) is 0 Å². The van der Waals surface area contributed by atoms with E-state index in [1.54, 1.807) is 6.07 Å². The zero-order valence-electron chi connectivity index (χ0n) is 15.5. The van der Waals surface area contributed by atoms with Crippen LogP contribution in [0.15, 0.2) is 48.5 Å². The van der Waals surface area contributed by atoms with Gasteiger partial charge in [0.1, 0.15) is 5.82 Å². The number of rotatable bonds is 6. The highest BCUT2D eigenvalue weighted by atomic mass is 35.5. The van der Waals surface area contributed by atoms with Gasteiger partial charge in [-0.3, -0.25) is 14.6 Å². The Hall–Kier alpha value is -1.95. The molecule has 0 spiro atoms. The Morgan fingerprint density at radius 3 is 2.44 bits per heavy atom. The Balaban J connectivity index is 1.43. The largest absolute Gasteiger partial charge is 0.348 e. The van der Waals surface area contributed by atoms with Crippen molar-refractivity contribution in [3.05, 3.63) is 70.5 Å². The minimum Gasteiger partial charge on any atom is -0.348 e. The zero-order valence-corrected chi connectivity index (χ0v) is 16.3. The fourth-order valence-electron chi connectivity index (χ4n) is 3.31. The summed E-state index contributed by atoms with van der Waals surface area (Å²) in [5.41, 5.74) is 2.03. The van der Waals surface area contributed by atoms with E-state index in [4.69, 9.17) is 11.6 Å². The lowest BCUT2D eigenvalue weighted by Gasteiger charge is -2.34. The number of piperazine rings is 1. The van der Waals surface area contributed by atoms with Gasteiger partial charge in [-0.2, -0.15) is 0 Å². The van der Waals surface area contributed by atoms with Gasteiger partial charge in [0.2, 0.25) is 5.91 Å². The van der Waals surface area contributed by atoms with Gasteiger partial charge in [0.25, 0.3) is 0 Å². The van der Waals surface area contributed by atoms with Gasteiger partial charge >= 0.3 is 0 Å². The molecule has 4 nitrogen and oxygen atoms in total. The van der Waals surface area contributed by atoms with Crippen molar-refractivity contribution in [3.63, 3.8) is 0 Å². The SMILES string of the molecule is CC(NC(=O)CN1CCN(Cc2ccc(F)cc2Cl)CC1)c1ccccc1. The number of hydrogen-bond donors (Lipinski definition) is 1. The lowest BCUT2D eigenvalue weighted by molar-refractivity contribution is -0.123. The number of halogens is 2. The Labute approximate surface area is 164 Å². The lowest BCUT2D eigenvalue weighted by atomic mass is 10.1. The number of carbonyl (C=O) groups is 1. The highest BCUT2D eigenvalue weighted by Gasteiger charge is 2.20. The van der Waals surface area contributed by atoms with Crippen molar-refractivity contribution in [2.24, 2.45) is 0 Å².